The molecule has 1 aromatic carbocycles. The predicted molar refractivity (Wildman–Crippen MR) is 118 cm³/mol. The highest BCUT2D eigenvalue weighted by Gasteiger charge is 2.31. The summed E-state index contributed by atoms with van der Waals surface area (Å²) in [6.07, 6.45) is 4.29. The minimum Gasteiger partial charge on any atom is -0.339 e. The molecule has 2 fully saturated rings. The van der Waals surface area contributed by atoms with Gasteiger partial charge in [0.2, 0.25) is 5.91 Å². The highest BCUT2D eigenvalue weighted by atomic mass is 32.1. The van der Waals surface area contributed by atoms with Gasteiger partial charge in [-0.15, -0.1) is 11.3 Å². The number of carbonyl (C=O) groups is 3. The first-order valence-corrected chi connectivity index (χ1v) is 11.2. The molecule has 4 amide bonds. The number of hydrogen-bond acceptors (Lipinski definition) is 4. The fourth-order valence-electron chi connectivity index (χ4n) is 4.03. The number of carbonyl (C=O) groups excluding carboxylic acids is 3. The molecule has 0 unspecified atom stereocenters. The van der Waals surface area contributed by atoms with Crippen LogP contribution in [0.3, 0.4) is 0 Å². The molecule has 2 aliphatic rings. The Hall–Kier alpha value is -2.87. The van der Waals surface area contributed by atoms with Crippen LogP contribution in [0, 0.1) is 5.92 Å². The van der Waals surface area contributed by atoms with Crippen molar-refractivity contribution < 1.29 is 14.4 Å². The van der Waals surface area contributed by atoms with Crippen molar-refractivity contribution >= 4 is 39.9 Å². The Kier molecular flexibility index (Phi) is 6.32. The second-order valence-corrected chi connectivity index (χ2v) is 8.79. The molecule has 7 nitrogen and oxygen atoms in total. The third kappa shape index (κ3) is 4.81. The van der Waals surface area contributed by atoms with E-state index >= 15 is 0 Å². The van der Waals surface area contributed by atoms with E-state index in [1.807, 2.05) is 23.1 Å². The Balaban J connectivity index is 1.28. The molecular weight excluding hydrogens is 400 g/mol. The highest BCUT2D eigenvalue weighted by Crippen LogP contribution is 2.28. The van der Waals surface area contributed by atoms with E-state index in [0.29, 0.717) is 41.7 Å². The summed E-state index contributed by atoms with van der Waals surface area (Å²) in [5.74, 6) is 0.385. The average molecular weight is 427 g/mol. The maximum atomic E-state index is 12.8. The lowest BCUT2D eigenvalue weighted by Gasteiger charge is -2.35. The van der Waals surface area contributed by atoms with Gasteiger partial charge in [0.15, 0.2) is 0 Å². The fourth-order valence-corrected chi connectivity index (χ4v) is 4.90. The zero-order valence-electron chi connectivity index (χ0n) is 16.8. The van der Waals surface area contributed by atoms with Crippen molar-refractivity contribution in [1.82, 2.24) is 9.80 Å². The van der Waals surface area contributed by atoms with Crippen LogP contribution in [0.5, 0.6) is 0 Å². The Labute approximate surface area is 180 Å². The number of nitrogens with zero attached hydrogens (tertiary/aromatic N) is 2. The van der Waals surface area contributed by atoms with E-state index in [4.69, 9.17) is 0 Å². The van der Waals surface area contributed by atoms with Crippen LogP contribution < -0.4 is 10.6 Å². The van der Waals surface area contributed by atoms with Gasteiger partial charge in [0.05, 0.1) is 9.88 Å². The van der Waals surface area contributed by atoms with Gasteiger partial charge < -0.3 is 15.1 Å². The van der Waals surface area contributed by atoms with Gasteiger partial charge in [-0.05, 0) is 37.1 Å². The Morgan fingerprint density at radius 3 is 2.20 bits per heavy atom. The van der Waals surface area contributed by atoms with Crippen molar-refractivity contribution in [2.24, 2.45) is 5.92 Å². The lowest BCUT2D eigenvalue weighted by atomic mass is 10.1. The number of anilines is 2. The van der Waals surface area contributed by atoms with Crippen molar-refractivity contribution in [3.05, 3.63) is 47.3 Å². The smallest absolute Gasteiger partial charge is 0.324 e. The van der Waals surface area contributed by atoms with E-state index in [-0.39, 0.29) is 23.8 Å². The van der Waals surface area contributed by atoms with Gasteiger partial charge in [-0.2, -0.15) is 0 Å². The predicted octanol–water partition coefficient (Wildman–Crippen LogP) is 3.87. The quantitative estimate of drug-likeness (QED) is 0.779. The number of para-hydroxylation sites is 1. The third-order valence-corrected chi connectivity index (χ3v) is 6.66. The van der Waals surface area contributed by atoms with Gasteiger partial charge in [0, 0.05) is 37.8 Å². The van der Waals surface area contributed by atoms with Crippen LogP contribution >= 0.6 is 11.3 Å². The molecule has 158 valence electrons. The summed E-state index contributed by atoms with van der Waals surface area (Å²) < 4.78 is 0. The molecule has 1 saturated heterocycles. The van der Waals surface area contributed by atoms with E-state index in [1.165, 1.54) is 11.3 Å². The summed E-state index contributed by atoms with van der Waals surface area (Å²) in [5.41, 5.74) is 0.702. The Morgan fingerprint density at radius 1 is 0.833 bits per heavy atom. The molecule has 1 aliphatic heterocycles. The number of nitrogens with one attached hydrogen (secondary N) is 2. The Morgan fingerprint density at radius 2 is 1.50 bits per heavy atom. The summed E-state index contributed by atoms with van der Waals surface area (Å²) in [6, 6.07) is 12.3. The molecule has 2 heterocycles. The van der Waals surface area contributed by atoms with Crippen molar-refractivity contribution in [1.29, 1.82) is 0 Å². The summed E-state index contributed by atoms with van der Waals surface area (Å²) in [4.78, 5) is 41.8. The van der Waals surface area contributed by atoms with Gasteiger partial charge in [0.1, 0.15) is 0 Å². The number of amides is 4. The Bertz CT molecular complexity index is 900. The molecule has 2 N–H and O–H groups in total. The molecule has 1 saturated carbocycles. The first-order chi connectivity index (χ1) is 14.6. The van der Waals surface area contributed by atoms with E-state index in [0.717, 1.165) is 25.7 Å². The van der Waals surface area contributed by atoms with Crippen LogP contribution in [0.25, 0.3) is 0 Å². The second kappa shape index (κ2) is 9.30. The van der Waals surface area contributed by atoms with Gasteiger partial charge in [0.25, 0.3) is 5.91 Å². The number of hydrogen-bond donors (Lipinski definition) is 2. The monoisotopic (exact) mass is 426 g/mol. The van der Waals surface area contributed by atoms with Crippen molar-refractivity contribution in [3.8, 4) is 0 Å². The minimum absolute atomic E-state index is 0.0514. The van der Waals surface area contributed by atoms with Gasteiger partial charge in [-0.25, -0.2) is 4.79 Å². The fraction of sp³-hybridized carbons (Fsp3) is 0.409. The third-order valence-electron chi connectivity index (χ3n) is 5.67. The number of thiophene rings is 1. The molecule has 0 spiro atoms. The van der Waals surface area contributed by atoms with Crippen molar-refractivity contribution in [2.75, 3.05) is 36.8 Å². The normalized spacial score (nSPS) is 17.1. The van der Waals surface area contributed by atoms with E-state index in [1.54, 1.807) is 29.2 Å². The van der Waals surface area contributed by atoms with Crippen LogP contribution in [0.2, 0.25) is 0 Å². The lowest BCUT2D eigenvalue weighted by molar-refractivity contribution is -0.136. The van der Waals surface area contributed by atoms with Crippen molar-refractivity contribution in [3.63, 3.8) is 0 Å². The number of urea groups is 1. The van der Waals surface area contributed by atoms with Crippen LogP contribution in [-0.2, 0) is 4.79 Å². The summed E-state index contributed by atoms with van der Waals surface area (Å²) in [6.45, 7) is 2.28. The van der Waals surface area contributed by atoms with Gasteiger partial charge in [-0.3, -0.25) is 14.9 Å². The number of piperazine rings is 1. The zero-order valence-corrected chi connectivity index (χ0v) is 17.6. The molecule has 0 atom stereocenters. The van der Waals surface area contributed by atoms with Crippen molar-refractivity contribution in [2.45, 2.75) is 25.7 Å². The molecule has 1 aliphatic carbocycles. The van der Waals surface area contributed by atoms with E-state index < -0.39 is 0 Å². The number of benzene rings is 1. The molecule has 0 radical (unpaired) electrons. The largest absolute Gasteiger partial charge is 0.339 e. The van der Waals surface area contributed by atoms with Crippen LogP contribution in [0.15, 0.2) is 42.5 Å². The van der Waals surface area contributed by atoms with E-state index in [2.05, 4.69) is 10.6 Å². The molecule has 30 heavy (non-hydrogen) atoms. The first-order valence-electron chi connectivity index (χ1n) is 10.4. The highest BCUT2D eigenvalue weighted by molar-refractivity contribution is 7.18. The molecule has 4 rings (SSSR count). The molecule has 1 aromatic heterocycles. The van der Waals surface area contributed by atoms with Gasteiger partial charge in [-0.1, -0.05) is 31.0 Å². The summed E-state index contributed by atoms with van der Waals surface area (Å²) >= 11 is 1.26. The topological polar surface area (TPSA) is 81.8 Å². The maximum Gasteiger partial charge on any atom is 0.324 e. The molecular formula is C22H26N4O3S. The lowest BCUT2D eigenvalue weighted by Crippen LogP contribution is -2.51. The molecule has 0 bridgehead atoms. The average Bonchev–Trinajstić information content (AvgIpc) is 3.46. The summed E-state index contributed by atoms with van der Waals surface area (Å²) in [7, 11) is 0. The molecule has 8 heteroatoms. The SMILES string of the molecule is O=C(Nc1ccccc1)Nc1ccc(C(=O)N2CCN(C(=O)C3CCCC3)CC2)s1. The maximum absolute atomic E-state index is 12.8. The summed E-state index contributed by atoms with van der Waals surface area (Å²) in [5, 5.41) is 6.13. The van der Waals surface area contributed by atoms with Crippen LogP contribution in [0.4, 0.5) is 15.5 Å². The molecule has 2 aromatic rings. The van der Waals surface area contributed by atoms with Gasteiger partial charge >= 0.3 is 6.03 Å². The van der Waals surface area contributed by atoms with Crippen LogP contribution in [0.1, 0.15) is 35.4 Å². The second-order valence-electron chi connectivity index (χ2n) is 7.71. The van der Waals surface area contributed by atoms with Crippen LogP contribution in [-0.4, -0.2) is 53.8 Å². The zero-order chi connectivity index (χ0) is 20.9. The number of rotatable bonds is 4. The first kappa shape index (κ1) is 20.4. The van der Waals surface area contributed by atoms with E-state index in [9.17, 15) is 14.4 Å². The standard InChI is InChI=1S/C22H26N4O3S/c27-20(16-6-4-5-7-16)25-12-14-26(15-13-25)21(28)18-10-11-19(30-18)24-22(29)23-17-8-2-1-3-9-17/h1-3,8-11,16H,4-7,12-15H2,(H2,23,24,29). The minimum atomic E-state index is -0.346.